The van der Waals surface area contributed by atoms with Gasteiger partial charge in [0.2, 0.25) is 0 Å². The van der Waals surface area contributed by atoms with Gasteiger partial charge in [0.15, 0.2) is 0 Å². The van der Waals surface area contributed by atoms with Crippen molar-refractivity contribution >= 4 is 11.6 Å². The molecule has 28 heavy (non-hydrogen) atoms. The molecule has 0 saturated heterocycles. The number of aromatic nitrogens is 2. The van der Waals surface area contributed by atoms with Crippen LogP contribution in [0.5, 0.6) is 11.5 Å². The minimum absolute atomic E-state index is 0.196. The second-order valence-electron chi connectivity index (χ2n) is 6.01. The highest BCUT2D eigenvalue weighted by molar-refractivity contribution is 6.04. The summed E-state index contributed by atoms with van der Waals surface area (Å²) in [4.78, 5) is 12.4. The van der Waals surface area contributed by atoms with Crippen molar-refractivity contribution in [1.29, 1.82) is 0 Å². The first kappa shape index (κ1) is 19.4. The maximum absolute atomic E-state index is 12.4. The van der Waals surface area contributed by atoms with Gasteiger partial charge in [0.1, 0.15) is 24.8 Å². The lowest BCUT2D eigenvalue weighted by molar-refractivity contribution is 0.0792. The Bertz CT molecular complexity index is 889. The van der Waals surface area contributed by atoms with E-state index in [1.54, 1.807) is 36.3 Å². The Morgan fingerprint density at radius 1 is 1.07 bits per heavy atom. The maximum Gasteiger partial charge on any atom is 0.255 e. The van der Waals surface area contributed by atoms with E-state index >= 15 is 0 Å². The number of anilines is 1. The first-order valence-electron chi connectivity index (χ1n) is 8.95. The number of methoxy groups -OCH3 is 1. The van der Waals surface area contributed by atoms with Crippen LogP contribution < -0.4 is 14.8 Å². The van der Waals surface area contributed by atoms with Gasteiger partial charge in [-0.2, -0.15) is 5.10 Å². The Hall–Kier alpha value is -3.32. The molecular formula is C21H23N3O4. The topological polar surface area (TPSA) is 74.6 Å². The molecule has 0 atom stereocenters. The number of ether oxygens (including phenoxy) is 3. The van der Waals surface area contributed by atoms with Crippen LogP contribution in [0.25, 0.3) is 0 Å². The lowest BCUT2D eigenvalue weighted by atomic mass is 10.1. The number of rotatable bonds is 9. The number of amides is 1. The molecule has 1 amide bonds. The summed E-state index contributed by atoms with van der Waals surface area (Å²) in [5.74, 6) is 1.34. The number of hydrogen-bond acceptors (Lipinski definition) is 5. The lowest BCUT2D eigenvalue weighted by Crippen LogP contribution is -2.11. The number of hydrogen-bond donors (Lipinski definition) is 1. The van der Waals surface area contributed by atoms with E-state index in [4.69, 9.17) is 14.2 Å². The summed E-state index contributed by atoms with van der Waals surface area (Å²) in [5, 5.41) is 6.95. The summed E-state index contributed by atoms with van der Waals surface area (Å²) in [6.07, 6.45) is 3.32. The Kier molecular flexibility index (Phi) is 6.64. The molecule has 7 heteroatoms. The van der Waals surface area contributed by atoms with E-state index < -0.39 is 0 Å². The molecule has 1 N–H and O–H groups in total. The van der Waals surface area contributed by atoms with Crippen LogP contribution in [0, 0.1) is 0 Å². The highest BCUT2D eigenvalue weighted by Gasteiger charge is 2.08. The van der Waals surface area contributed by atoms with Gasteiger partial charge in [-0.3, -0.25) is 4.79 Å². The van der Waals surface area contributed by atoms with E-state index in [-0.39, 0.29) is 5.91 Å². The van der Waals surface area contributed by atoms with Crippen LogP contribution in [0.3, 0.4) is 0 Å². The molecule has 0 aliphatic carbocycles. The molecule has 1 aromatic heterocycles. The van der Waals surface area contributed by atoms with Gasteiger partial charge in [-0.25, -0.2) is 4.68 Å². The molecule has 1 heterocycles. The molecule has 0 aliphatic heterocycles. The molecule has 0 bridgehead atoms. The van der Waals surface area contributed by atoms with E-state index in [2.05, 4.69) is 10.4 Å². The molecule has 3 aromatic rings. The van der Waals surface area contributed by atoms with Crippen LogP contribution in [-0.2, 0) is 18.1 Å². The standard InChI is InChI=1S/C21H23N3O4/c1-3-27-15-24-13-18(12-22-24)23-21(25)17-6-4-16(5-7-17)14-28-20-10-8-19(26-2)9-11-20/h4-13H,3,14-15H2,1-2H3,(H,23,25). The van der Waals surface area contributed by atoms with Gasteiger partial charge in [-0.05, 0) is 48.9 Å². The van der Waals surface area contributed by atoms with E-state index in [1.165, 1.54) is 0 Å². The van der Waals surface area contributed by atoms with Gasteiger partial charge in [0.05, 0.1) is 25.2 Å². The zero-order valence-electron chi connectivity index (χ0n) is 15.9. The smallest absolute Gasteiger partial charge is 0.255 e. The molecule has 3 rings (SSSR count). The SMILES string of the molecule is CCOCn1cc(NC(=O)c2ccc(COc3ccc(OC)cc3)cc2)cn1. The number of carbonyl (C=O) groups excluding carboxylic acids is 1. The average molecular weight is 381 g/mol. The van der Waals surface area contributed by atoms with Gasteiger partial charge in [0, 0.05) is 12.2 Å². The average Bonchev–Trinajstić information content (AvgIpc) is 3.18. The van der Waals surface area contributed by atoms with E-state index in [0.717, 1.165) is 17.1 Å². The minimum Gasteiger partial charge on any atom is -0.497 e. The highest BCUT2D eigenvalue weighted by atomic mass is 16.5. The molecule has 0 aliphatic rings. The third-order valence-electron chi connectivity index (χ3n) is 4.00. The summed E-state index contributed by atoms with van der Waals surface area (Å²) in [6.45, 7) is 3.29. The van der Waals surface area contributed by atoms with Crippen molar-refractivity contribution in [1.82, 2.24) is 9.78 Å². The van der Waals surface area contributed by atoms with Crippen LogP contribution in [-0.4, -0.2) is 29.4 Å². The molecular weight excluding hydrogens is 358 g/mol. The fraction of sp³-hybridized carbons (Fsp3) is 0.238. The van der Waals surface area contributed by atoms with Gasteiger partial charge in [-0.1, -0.05) is 12.1 Å². The number of nitrogens with zero attached hydrogens (tertiary/aromatic N) is 2. The fourth-order valence-electron chi connectivity index (χ4n) is 2.48. The Labute approximate surface area is 163 Å². The van der Waals surface area contributed by atoms with Crippen molar-refractivity contribution in [3.63, 3.8) is 0 Å². The van der Waals surface area contributed by atoms with Crippen molar-refractivity contribution in [2.45, 2.75) is 20.3 Å². The van der Waals surface area contributed by atoms with Crippen LogP contribution >= 0.6 is 0 Å². The normalized spacial score (nSPS) is 10.5. The van der Waals surface area contributed by atoms with Crippen LogP contribution in [0.1, 0.15) is 22.8 Å². The maximum atomic E-state index is 12.4. The van der Waals surface area contributed by atoms with Crippen molar-refractivity contribution in [3.8, 4) is 11.5 Å². The predicted octanol–water partition coefficient (Wildman–Crippen LogP) is 3.72. The zero-order chi connectivity index (χ0) is 19.8. The second-order valence-corrected chi connectivity index (χ2v) is 6.01. The van der Waals surface area contributed by atoms with Crippen molar-refractivity contribution in [2.24, 2.45) is 0 Å². The molecule has 0 unspecified atom stereocenters. The first-order chi connectivity index (χ1) is 13.7. The third-order valence-corrected chi connectivity index (χ3v) is 4.00. The van der Waals surface area contributed by atoms with Crippen LogP contribution in [0.2, 0.25) is 0 Å². The van der Waals surface area contributed by atoms with Crippen molar-refractivity contribution in [2.75, 3.05) is 19.0 Å². The molecule has 0 radical (unpaired) electrons. The Morgan fingerprint density at radius 3 is 2.46 bits per heavy atom. The number of nitrogens with one attached hydrogen (secondary N) is 1. The summed E-state index contributed by atoms with van der Waals surface area (Å²) in [5.41, 5.74) is 2.15. The molecule has 0 spiro atoms. The lowest BCUT2D eigenvalue weighted by Gasteiger charge is -2.08. The zero-order valence-corrected chi connectivity index (χ0v) is 15.9. The first-order valence-corrected chi connectivity index (χ1v) is 8.95. The minimum atomic E-state index is -0.196. The van der Waals surface area contributed by atoms with E-state index in [0.29, 0.717) is 31.2 Å². The van der Waals surface area contributed by atoms with Crippen molar-refractivity contribution in [3.05, 3.63) is 72.1 Å². The molecule has 146 valence electrons. The number of carbonyl (C=O) groups is 1. The summed E-state index contributed by atoms with van der Waals surface area (Å²) < 4.78 is 17.8. The van der Waals surface area contributed by atoms with E-state index in [9.17, 15) is 4.79 Å². The monoisotopic (exact) mass is 381 g/mol. The van der Waals surface area contributed by atoms with E-state index in [1.807, 2.05) is 43.3 Å². The highest BCUT2D eigenvalue weighted by Crippen LogP contribution is 2.18. The summed E-state index contributed by atoms with van der Waals surface area (Å²) >= 11 is 0. The molecule has 2 aromatic carbocycles. The fourth-order valence-corrected chi connectivity index (χ4v) is 2.48. The predicted molar refractivity (Wildman–Crippen MR) is 106 cm³/mol. The quantitative estimate of drug-likeness (QED) is 0.611. The second kappa shape index (κ2) is 9.57. The van der Waals surface area contributed by atoms with Gasteiger partial charge >= 0.3 is 0 Å². The number of benzene rings is 2. The van der Waals surface area contributed by atoms with Gasteiger partial charge < -0.3 is 19.5 Å². The Balaban J connectivity index is 1.52. The molecule has 7 nitrogen and oxygen atoms in total. The van der Waals surface area contributed by atoms with Crippen LogP contribution in [0.15, 0.2) is 60.9 Å². The molecule has 0 saturated carbocycles. The summed E-state index contributed by atoms with van der Waals surface area (Å²) in [7, 11) is 1.63. The molecule has 0 fully saturated rings. The van der Waals surface area contributed by atoms with Gasteiger partial charge in [0.25, 0.3) is 5.91 Å². The summed E-state index contributed by atoms with van der Waals surface area (Å²) in [6, 6.07) is 14.7. The largest absolute Gasteiger partial charge is 0.497 e. The van der Waals surface area contributed by atoms with Crippen LogP contribution in [0.4, 0.5) is 5.69 Å². The van der Waals surface area contributed by atoms with Gasteiger partial charge in [-0.15, -0.1) is 0 Å². The Morgan fingerprint density at radius 2 is 1.79 bits per heavy atom. The van der Waals surface area contributed by atoms with Crippen molar-refractivity contribution < 1.29 is 19.0 Å². The third kappa shape index (κ3) is 5.34.